The zero-order valence-electron chi connectivity index (χ0n) is 8.29. The third-order valence-electron chi connectivity index (χ3n) is 2.15. The molecule has 0 aliphatic rings. The van der Waals surface area contributed by atoms with Gasteiger partial charge in [-0.2, -0.15) is 5.10 Å². The first-order chi connectivity index (χ1) is 7.61. The lowest BCUT2D eigenvalue weighted by molar-refractivity contribution is 0.102. The van der Waals surface area contributed by atoms with E-state index in [9.17, 15) is 13.6 Å². The summed E-state index contributed by atoms with van der Waals surface area (Å²) in [6.45, 7) is 1.42. The Labute approximate surface area is 89.3 Å². The molecule has 1 aromatic heterocycles. The molecule has 1 heterocycles. The van der Waals surface area contributed by atoms with Gasteiger partial charge in [0.15, 0.2) is 17.5 Å². The van der Waals surface area contributed by atoms with E-state index in [2.05, 4.69) is 15.2 Å². The first-order valence-corrected chi connectivity index (χ1v) is 4.46. The fraction of sp³-hybridized carbons (Fsp3) is 0.100. The van der Waals surface area contributed by atoms with Gasteiger partial charge in [0, 0.05) is 0 Å². The molecule has 0 aliphatic carbocycles. The van der Waals surface area contributed by atoms with Gasteiger partial charge in [0.25, 0.3) is 0 Å². The fourth-order valence-electron chi connectivity index (χ4n) is 1.26. The molecule has 0 saturated carbocycles. The van der Waals surface area contributed by atoms with Crippen LogP contribution in [0.15, 0.2) is 18.5 Å². The highest BCUT2D eigenvalue weighted by molar-refractivity contribution is 6.06. The molecule has 0 fully saturated rings. The van der Waals surface area contributed by atoms with Crippen molar-refractivity contribution in [2.24, 2.45) is 0 Å². The molecule has 0 bridgehead atoms. The number of benzene rings is 1. The molecule has 0 spiro atoms. The number of nitrogens with one attached hydrogen (secondary N) is 1. The van der Waals surface area contributed by atoms with Crippen LogP contribution in [-0.4, -0.2) is 21.0 Å². The average molecular weight is 223 g/mol. The van der Waals surface area contributed by atoms with Crippen molar-refractivity contribution < 1.29 is 13.6 Å². The maximum absolute atomic E-state index is 13.4. The van der Waals surface area contributed by atoms with Crippen molar-refractivity contribution in [2.75, 3.05) is 0 Å². The second-order valence-corrected chi connectivity index (χ2v) is 3.22. The Bertz CT molecular complexity index is 537. The second-order valence-electron chi connectivity index (χ2n) is 3.22. The topological polar surface area (TPSA) is 58.6 Å². The maximum Gasteiger partial charge on any atom is 0.232 e. The number of nitrogens with zero attached hydrogens (tertiary/aromatic N) is 2. The summed E-state index contributed by atoms with van der Waals surface area (Å²) in [6, 6.07) is 2.56. The summed E-state index contributed by atoms with van der Waals surface area (Å²) in [5.74, 6) is -3.04. The monoisotopic (exact) mass is 223 g/mol. The smallest absolute Gasteiger partial charge is 0.232 e. The molecule has 1 aromatic carbocycles. The van der Waals surface area contributed by atoms with E-state index in [1.165, 1.54) is 19.1 Å². The first kappa shape index (κ1) is 10.4. The Hall–Kier alpha value is -2.11. The van der Waals surface area contributed by atoms with E-state index in [1.807, 2.05) is 0 Å². The number of aromatic amines is 1. The minimum atomic E-state index is -1.17. The van der Waals surface area contributed by atoms with Crippen LogP contribution in [0.5, 0.6) is 0 Å². The van der Waals surface area contributed by atoms with Crippen molar-refractivity contribution >= 4 is 5.78 Å². The molecule has 0 amide bonds. The Balaban J connectivity index is 2.50. The number of aryl methyl sites for hydroxylation is 1. The molecule has 2 aromatic rings. The number of carbonyl (C=O) groups is 1. The van der Waals surface area contributed by atoms with E-state index in [-0.39, 0.29) is 17.0 Å². The summed E-state index contributed by atoms with van der Waals surface area (Å²) >= 11 is 0. The molecule has 4 nitrogen and oxygen atoms in total. The van der Waals surface area contributed by atoms with Crippen LogP contribution in [0.25, 0.3) is 0 Å². The van der Waals surface area contributed by atoms with Crippen molar-refractivity contribution in [1.29, 1.82) is 0 Å². The number of hydrogen-bond donors (Lipinski definition) is 1. The van der Waals surface area contributed by atoms with Gasteiger partial charge in [-0.1, -0.05) is 6.07 Å². The predicted octanol–water partition coefficient (Wildman–Crippen LogP) is 1.62. The van der Waals surface area contributed by atoms with Gasteiger partial charge in [-0.3, -0.25) is 9.89 Å². The molecule has 0 aliphatic heterocycles. The van der Waals surface area contributed by atoms with E-state index in [1.54, 1.807) is 0 Å². The molecule has 1 N–H and O–H groups in total. The van der Waals surface area contributed by atoms with Crippen LogP contribution in [0.3, 0.4) is 0 Å². The van der Waals surface area contributed by atoms with Crippen molar-refractivity contribution in [3.63, 3.8) is 0 Å². The minimum absolute atomic E-state index is 0.123. The second kappa shape index (κ2) is 3.80. The van der Waals surface area contributed by atoms with Gasteiger partial charge < -0.3 is 0 Å². The van der Waals surface area contributed by atoms with Crippen LogP contribution in [0.2, 0.25) is 0 Å². The van der Waals surface area contributed by atoms with E-state index in [0.29, 0.717) is 0 Å². The standard InChI is InChI=1S/C10H7F2N3O/c1-5-2-3-6(8(12)7(5)11)9(16)10-13-4-14-15-10/h2-4H,1H3,(H,13,14,15). The summed E-state index contributed by atoms with van der Waals surface area (Å²) in [4.78, 5) is 15.2. The molecule has 6 heteroatoms. The lowest BCUT2D eigenvalue weighted by Gasteiger charge is -2.02. The summed E-state index contributed by atoms with van der Waals surface area (Å²) in [7, 11) is 0. The molecule has 2 rings (SSSR count). The average Bonchev–Trinajstić information content (AvgIpc) is 2.79. The highest BCUT2D eigenvalue weighted by Crippen LogP contribution is 2.17. The number of hydrogen-bond acceptors (Lipinski definition) is 3. The maximum atomic E-state index is 13.4. The molecule has 82 valence electrons. The zero-order chi connectivity index (χ0) is 11.7. The third-order valence-corrected chi connectivity index (χ3v) is 2.15. The van der Waals surface area contributed by atoms with Crippen molar-refractivity contribution in [3.8, 4) is 0 Å². The zero-order valence-corrected chi connectivity index (χ0v) is 8.29. The molecule has 16 heavy (non-hydrogen) atoms. The van der Waals surface area contributed by atoms with Crippen LogP contribution < -0.4 is 0 Å². The predicted molar refractivity (Wildman–Crippen MR) is 50.9 cm³/mol. The molecular formula is C10H7F2N3O. The lowest BCUT2D eigenvalue weighted by atomic mass is 10.1. The highest BCUT2D eigenvalue weighted by atomic mass is 19.2. The SMILES string of the molecule is Cc1ccc(C(=O)c2ncn[nH]2)c(F)c1F. The van der Waals surface area contributed by atoms with Crippen molar-refractivity contribution in [1.82, 2.24) is 15.2 Å². The van der Waals surface area contributed by atoms with Gasteiger partial charge in [-0.25, -0.2) is 13.8 Å². The van der Waals surface area contributed by atoms with Crippen LogP contribution in [0, 0.1) is 18.6 Å². The van der Waals surface area contributed by atoms with Gasteiger partial charge >= 0.3 is 0 Å². The summed E-state index contributed by atoms with van der Waals surface area (Å²) in [5.41, 5.74) is -0.216. The van der Waals surface area contributed by atoms with E-state index < -0.39 is 17.4 Å². The van der Waals surface area contributed by atoms with Gasteiger partial charge in [0.05, 0.1) is 5.56 Å². The normalized spacial score (nSPS) is 10.4. The summed E-state index contributed by atoms with van der Waals surface area (Å²) in [6.07, 6.45) is 1.12. The van der Waals surface area contributed by atoms with Crippen molar-refractivity contribution in [2.45, 2.75) is 6.92 Å². The molecule has 0 unspecified atom stereocenters. The largest absolute Gasteiger partial charge is 0.285 e. The van der Waals surface area contributed by atoms with Gasteiger partial charge in [-0.15, -0.1) is 0 Å². The van der Waals surface area contributed by atoms with E-state index >= 15 is 0 Å². The quantitative estimate of drug-likeness (QED) is 0.787. The Morgan fingerprint density at radius 2 is 2.06 bits per heavy atom. The fourth-order valence-corrected chi connectivity index (χ4v) is 1.26. The Morgan fingerprint density at radius 3 is 2.69 bits per heavy atom. The Kier molecular flexibility index (Phi) is 2.47. The van der Waals surface area contributed by atoms with Crippen molar-refractivity contribution in [3.05, 3.63) is 47.0 Å². The number of rotatable bonds is 2. The van der Waals surface area contributed by atoms with Gasteiger partial charge in [0.1, 0.15) is 6.33 Å². The summed E-state index contributed by atoms with van der Waals surface area (Å²) < 4.78 is 26.7. The van der Waals surface area contributed by atoms with Crippen LogP contribution in [-0.2, 0) is 0 Å². The molecular weight excluding hydrogens is 216 g/mol. The number of aromatic nitrogens is 3. The highest BCUT2D eigenvalue weighted by Gasteiger charge is 2.20. The van der Waals surface area contributed by atoms with Crippen LogP contribution >= 0.6 is 0 Å². The molecule has 0 radical (unpaired) electrons. The van der Waals surface area contributed by atoms with E-state index in [4.69, 9.17) is 0 Å². The number of H-pyrrole nitrogens is 1. The van der Waals surface area contributed by atoms with Gasteiger partial charge in [-0.05, 0) is 18.6 Å². The van der Waals surface area contributed by atoms with Crippen LogP contribution in [0.1, 0.15) is 21.7 Å². The van der Waals surface area contributed by atoms with Crippen LogP contribution in [0.4, 0.5) is 8.78 Å². The molecule has 0 saturated heterocycles. The minimum Gasteiger partial charge on any atom is -0.285 e. The number of halogens is 2. The molecule has 0 atom stereocenters. The Morgan fingerprint density at radius 1 is 1.31 bits per heavy atom. The third kappa shape index (κ3) is 1.58. The summed E-state index contributed by atoms with van der Waals surface area (Å²) in [5, 5.41) is 5.76. The van der Waals surface area contributed by atoms with Gasteiger partial charge in [0.2, 0.25) is 5.78 Å². The number of carbonyl (C=O) groups excluding carboxylic acids is 1. The lowest BCUT2D eigenvalue weighted by Crippen LogP contribution is -2.08. The number of ketones is 1. The van der Waals surface area contributed by atoms with E-state index in [0.717, 1.165) is 6.33 Å². The first-order valence-electron chi connectivity index (χ1n) is 4.46.